The third-order valence-corrected chi connectivity index (χ3v) is 6.95. The molecule has 2 saturated heterocycles. The maximum Gasteiger partial charge on any atom is 0.296 e. The number of para-hydroxylation sites is 2. The van der Waals surface area contributed by atoms with Crippen LogP contribution in [0.5, 0.6) is 0 Å². The van der Waals surface area contributed by atoms with Crippen LogP contribution in [0.4, 0.5) is 24.9 Å². The molecular formula is C27H26F3N7O2. The minimum absolute atomic E-state index is 0.156. The molecule has 1 N–H and O–H groups in total. The second-order valence-corrected chi connectivity index (χ2v) is 9.49. The molecule has 1 atom stereocenters. The lowest BCUT2D eigenvalue weighted by molar-refractivity contribution is 0.0791. The maximum absolute atomic E-state index is 14.1. The average molecular weight is 538 g/mol. The molecule has 12 heteroatoms. The SMILES string of the molecule is O=C(c1ccc(F)cc1)N1CC[C@H](Nc2nc(N3CCOCC3)cc(-n3c(C(F)F)nc4ccccc43)n2)C1. The zero-order valence-corrected chi connectivity index (χ0v) is 20.9. The van der Waals surface area contributed by atoms with Gasteiger partial charge in [0.25, 0.3) is 12.3 Å². The number of aromatic nitrogens is 4. The summed E-state index contributed by atoms with van der Waals surface area (Å²) >= 11 is 0. The lowest BCUT2D eigenvalue weighted by atomic mass is 10.2. The van der Waals surface area contributed by atoms with Crippen molar-refractivity contribution in [3.8, 4) is 5.82 Å². The molecule has 0 bridgehead atoms. The Morgan fingerprint density at radius 1 is 0.974 bits per heavy atom. The fourth-order valence-electron chi connectivity index (χ4n) is 5.01. The summed E-state index contributed by atoms with van der Waals surface area (Å²) in [5.74, 6) is 0.144. The first kappa shape index (κ1) is 25.1. The predicted molar refractivity (Wildman–Crippen MR) is 139 cm³/mol. The number of nitrogens with zero attached hydrogens (tertiary/aromatic N) is 6. The van der Waals surface area contributed by atoms with E-state index in [0.717, 1.165) is 0 Å². The van der Waals surface area contributed by atoms with E-state index in [-0.39, 0.29) is 23.7 Å². The second-order valence-electron chi connectivity index (χ2n) is 9.49. The first-order chi connectivity index (χ1) is 19.0. The van der Waals surface area contributed by atoms with Crippen molar-refractivity contribution in [3.63, 3.8) is 0 Å². The highest BCUT2D eigenvalue weighted by Gasteiger charge is 2.29. The van der Waals surface area contributed by atoms with Gasteiger partial charge in [0.05, 0.1) is 24.2 Å². The molecule has 1 amide bonds. The molecule has 9 nitrogen and oxygen atoms in total. The van der Waals surface area contributed by atoms with Crippen LogP contribution in [-0.4, -0.2) is 75.8 Å². The van der Waals surface area contributed by atoms with Crippen molar-refractivity contribution in [2.45, 2.75) is 18.9 Å². The van der Waals surface area contributed by atoms with E-state index in [0.29, 0.717) is 68.2 Å². The number of fused-ring (bicyclic) bond motifs is 1. The number of morpholine rings is 1. The Balaban J connectivity index is 1.32. The summed E-state index contributed by atoms with van der Waals surface area (Å²) in [5, 5.41) is 3.31. The maximum atomic E-state index is 14.1. The lowest BCUT2D eigenvalue weighted by Gasteiger charge is -2.28. The highest BCUT2D eigenvalue weighted by molar-refractivity contribution is 5.94. The molecule has 0 radical (unpaired) electrons. The van der Waals surface area contributed by atoms with E-state index in [2.05, 4.69) is 15.3 Å². The van der Waals surface area contributed by atoms with Crippen LogP contribution in [0.15, 0.2) is 54.6 Å². The molecule has 2 fully saturated rings. The number of ether oxygens (including phenoxy) is 1. The number of amides is 1. The highest BCUT2D eigenvalue weighted by Crippen LogP contribution is 2.29. The molecule has 0 unspecified atom stereocenters. The number of hydrogen-bond donors (Lipinski definition) is 1. The molecule has 6 rings (SSSR count). The van der Waals surface area contributed by atoms with Crippen molar-refractivity contribution < 1.29 is 22.7 Å². The van der Waals surface area contributed by atoms with E-state index < -0.39 is 18.1 Å². The first-order valence-corrected chi connectivity index (χ1v) is 12.8. The standard InChI is InChI=1S/C27H26F3N7O2/c28-18-7-5-17(6-8-18)26(38)36-10-9-19(16-36)31-27-33-22(35-11-13-39-14-12-35)15-23(34-27)37-21-4-2-1-3-20(21)32-25(37)24(29)30/h1-8,15,19,24H,9-14,16H2,(H,31,33,34)/t19-/m0/s1. The largest absolute Gasteiger partial charge is 0.378 e. The molecule has 2 aliphatic rings. The van der Waals surface area contributed by atoms with Gasteiger partial charge in [-0.05, 0) is 42.8 Å². The molecule has 0 saturated carbocycles. The molecule has 4 aromatic rings. The van der Waals surface area contributed by atoms with E-state index in [1.54, 1.807) is 35.2 Å². The van der Waals surface area contributed by atoms with Crippen LogP contribution in [0, 0.1) is 5.82 Å². The minimum Gasteiger partial charge on any atom is -0.378 e. The lowest BCUT2D eigenvalue weighted by Crippen LogP contribution is -2.37. The van der Waals surface area contributed by atoms with E-state index in [9.17, 15) is 18.0 Å². The van der Waals surface area contributed by atoms with Gasteiger partial charge in [0, 0.05) is 43.9 Å². The molecule has 2 aromatic heterocycles. The number of rotatable bonds is 6. The van der Waals surface area contributed by atoms with Gasteiger partial charge in [0.2, 0.25) is 5.95 Å². The fourth-order valence-corrected chi connectivity index (χ4v) is 5.01. The van der Waals surface area contributed by atoms with Gasteiger partial charge in [0.15, 0.2) is 5.82 Å². The number of hydrogen-bond acceptors (Lipinski definition) is 7. The summed E-state index contributed by atoms with van der Waals surface area (Å²) < 4.78 is 48.3. The Bertz CT molecular complexity index is 1490. The third-order valence-electron chi connectivity index (χ3n) is 6.95. The molecule has 4 heterocycles. The summed E-state index contributed by atoms with van der Waals surface area (Å²) in [4.78, 5) is 30.1. The monoisotopic (exact) mass is 537 g/mol. The predicted octanol–water partition coefficient (Wildman–Crippen LogP) is 4.06. The van der Waals surface area contributed by atoms with Crippen LogP contribution in [0.2, 0.25) is 0 Å². The van der Waals surface area contributed by atoms with Gasteiger partial charge < -0.3 is 19.9 Å². The van der Waals surface area contributed by atoms with Crippen molar-refractivity contribution in [1.82, 2.24) is 24.4 Å². The molecule has 0 spiro atoms. The molecule has 202 valence electrons. The van der Waals surface area contributed by atoms with Gasteiger partial charge in [-0.2, -0.15) is 9.97 Å². The van der Waals surface area contributed by atoms with Crippen molar-refractivity contribution in [2.24, 2.45) is 0 Å². The molecule has 2 aromatic carbocycles. The molecule has 39 heavy (non-hydrogen) atoms. The van der Waals surface area contributed by atoms with E-state index >= 15 is 0 Å². The van der Waals surface area contributed by atoms with Crippen LogP contribution in [0.3, 0.4) is 0 Å². The molecule has 2 aliphatic heterocycles. The smallest absolute Gasteiger partial charge is 0.296 e. The number of imidazole rings is 1. The summed E-state index contributed by atoms with van der Waals surface area (Å²) in [7, 11) is 0. The van der Waals surface area contributed by atoms with Crippen LogP contribution in [-0.2, 0) is 4.74 Å². The minimum atomic E-state index is -2.81. The van der Waals surface area contributed by atoms with Crippen molar-refractivity contribution in [1.29, 1.82) is 0 Å². The van der Waals surface area contributed by atoms with Gasteiger partial charge in [-0.15, -0.1) is 0 Å². The van der Waals surface area contributed by atoms with Gasteiger partial charge in [0.1, 0.15) is 17.5 Å². The normalized spacial score (nSPS) is 17.8. The van der Waals surface area contributed by atoms with Gasteiger partial charge >= 0.3 is 0 Å². The second kappa shape index (κ2) is 10.5. The number of likely N-dealkylation sites (tertiary alicyclic amines) is 1. The number of benzene rings is 2. The number of carbonyl (C=O) groups excluding carboxylic acids is 1. The van der Waals surface area contributed by atoms with Crippen LogP contribution in [0.1, 0.15) is 29.0 Å². The number of halogens is 3. The average Bonchev–Trinajstić information content (AvgIpc) is 3.58. The number of alkyl halides is 2. The fraction of sp³-hybridized carbons (Fsp3) is 0.333. The number of nitrogens with one attached hydrogen (secondary N) is 1. The van der Waals surface area contributed by atoms with Crippen LogP contribution in [0.25, 0.3) is 16.9 Å². The Labute approximate surface area is 222 Å². The van der Waals surface area contributed by atoms with Crippen molar-refractivity contribution in [3.05, 3.63) is 71.8 Å². The van der Waals surface area contributed by atoms with Gasteiger partial charge in [-0.1, -0.05) is 12.1 Å². The highest BCUT2D eigenvalue weighted by atomic mass is 19.3. The zero-order chi connectivity index (χ0) is 26.9. The summed E-state index contributed by atoms with van der Waals surface area (Å²) in [6.07, 6.45) is -2.17. The third kappa shape index (κ3) is 5.11. The van der Waals surface area contributed by atoms with E-state index in [4.69, 9.17) is 9.72 Å². The Morgan fingerprint density at radius 3 is 2.49 bits per heavy atom. The van der Waals surface area contributed by atoms with Crippen molar-refractivity contribution >= 4 is 28.7 Å². The Hall–Kier alpha value is -4.19. The Kier molecular flexibility index (Phi) is 6.77. The zero-order valence-electron chi connectivity index (χ0n) is 20.9. The summed E-state index contributed by atoms with van der Waals surface area (Å²) in [5.41, 5.74) is 1.37. The summed E-state index contributed by atoms with van der Waals surface area (Å²) in [6, 6.07) is 13.9. The van der Waals surface area contributed by atoms with E-state index in [1.165, 1.54) is 28.8 Å². The quantitative estimate of drug-likeness (QED) is 0.397. The number of carbonyl (C=O) groups is 1. The van der Waals surface area contributed by atoms with Gasteiger partial charge in [-0.25, -0.2) is 18.2 Å². The van der Waals surface area contributed by atoms with Crippen LogP contribution >= 0.6 is 0 Å². The molecular weight excluding hydrogens is 511 g/mol. The summed E-state index contributed by atoms with van der Waals surface area (Å²) in [6.45, 7) is 3.17. The molecule has 0 aliphatic carbocycles. The van der Waals surface area contributed by atoms with Crippen LogP contribution < -0.4 is 10.2 Å². The van der Waals surface area contributed by atoms with E-state index in [1.807, 2.05) is 4.90 Å². The van der Waals surface area contributed by atoms with Gasteiger partial charge in [-0.3, -0.25) is 9.36 Å². The first-order valence-electron chi connectivity index (χ1n) is 12.8. The van der Waals surface area contributed by atoms with Crippen molar-refractivity contribution in [2.75, 3.05) is 49.6 Å². The number of anilines is 2. The Morgan fingerprint density at radius 2 is 1.72 bits per heavy atom. The topological polar surface area (TPSA) is 88.4 Å².